The number of hydrogen-bond donors (Lipinski definition) is 1. The first-order chi connectivity index (χ1) is 6.72. The Morgan fingerprint density at radius 3 is 3.07 bits per heavy atom. The zero-order valence-electron chi connectivity index (χ0n) is 9.03. The molecule has 1 aromatic rings. The average molecular weight is 193 g/mol. The fourth-order valence-corrected chi connectivity index (χ4v) is 1.33. The highest BCUT2D eigenvalue weighted by molar-refractivity contribution is 5.02. The van der Waals surface area contributed by atoms with E-state index in [9.17, 15) is 0 Å². The summed E-state index contributed by atoms with van der Waals surface area (Å²) < 4.78 is 1.82. The molecule has 0 spiro atoms. The van der Waals surface area contributed by atoms with Crippen LogP contribution in [0.3, 0.4) is 0 Å². The second-order valence-electron chi connectivity index (χ2n) is 3.67. The minimum Gasteiger partial charge on any atom is -0.310 e. The van der Waals surface area contributed by atoms with Crippen molar-refractivity contribution in [1.29, 1.82) is 0 Å². The van der Waals surface area contributed by atoms with E-state index in [1.54, 1.807) is 0 Å². The minimum absolute atomic E-state index is 0.535. The molecule has 1 rings (SSSR count). The summed E-state index contributed by atoms with van der Waals surface area (Å²) in [6, 6.07) is 0.535. The molecule has 0 unspecified atom stereocenters. The van der Waals surface area contributed by atoms with E-state index in [1.165, 1.54) is 5.56 Å². The Hall–Kier alpha value is -1.09. The molecule has 0 aliphatic heterocycles. The monoisotopic (exact) mass is 193 g/mol. The predicted octanol–water partition coefficient (Wildman–Crippen LogP) is 1.86. The van der Waals surface area contributed by atoms with Crippen LogP contribution >= 0.6 is 0 Å². The van der Waals surface area contributed by atoms with Crippen LogP contribution in [0.1, 0.15) is 25.3 Å². The minimum atomic E-state index is 0.535. The second-order valence-corrected chi connectivity index (χ2v) is 3.67. The quantitative estimate of drug-likeness (QED) is 0.699. The van der Waals surface area contributed by atoms with Gasteiger partial charge in [-0.2, -0.15) is 5.10 Å². The highest BCUT2D eigenvalue weighted by Crippen LogP contribution is 2.00. The van der Waals surface area contributed by atoms with Crippen LogP contribution in [0.2, 0.25) is 0 Å². The van der Waals surface area contributed by atoms with Crippen molar-refractivity contribution in [3.8, 4) is 0 Å². The Balaban J connectivity index is 2.23. The second kappa shape index (κ2) is 5.60. The molecule has 0 bridgehead atoms. The molecule has 0 aliphatic rings. The van der Waals surface area contributed by atoms with E-state index in [2.05, 4.69) is 23.9 Å². The van der Waals surface area contributed by atoms with E-state index < -0.39 is 0 Å². The Labute approximate surface area is 85.8 Å². The van der Waals surface area contributed by atoms with Gasteiger partial charge in [0.25, 0.3) is 0 Å². The van der Waals surface area contributed by atoms with E-state index in [0.717, 1.165) is 19.4 Å². The van der Waals surface area contributed by atoms with Crippen molar-refractivity contribution in [3.63, 3.8) is 0 Å². The molecular formula is C11H19N3. The molecule has 3 nitrogen and oxygen atoms in total. The van der Waals surface area contributed by atoms with Gasteiger partial charge >= 0.3 is 0 Å². The van der Waals surface area contributed by atoms with Crippen LogP contribution in [0.25, 0.3) is 0 Å². The highest BCUT2D eigenvalue weighted by Gasteiger charge is 2.01. The maximum absolute atomic E-state index is 4.12. The molecule has 78 valence electrons. The number of nitrogens with one attached hydrogen (secondary N) is 1. The third kappa shape index (κ3) is 3.75. The van der Waals surface area contributed by atoms with Crippen LogP contribution in [0.5, 0.6) is 0 Å². The number of allylic oxidation sites excluding steroid dienone is 1. The van der Waals surface area contributed by atoms with Gasteiger partial charge < -0.3 is 5.32 Å². The van der Waals surface area contributed by atoms with Crippen molar-refractivity contribution in [1.82, 2.24) is 15.1 Å². The molecule has 0 amide bonds. The lowest BCUT2D eigenvalue weighted by Gasteiger charge is -2.11. The summed E-state index contributed by atoms with van der Waals surface area (Å²) in [5.74, 6) is 0. The summed E-state index contributed by atoms with van der Waals surface area (Å²) in [7, 11) is 1.94. The number of hydrogen-bond acceptors (Lipinski definition) is 2. The molecule has 0 saturated carbocycles. The van der Waals surface area contributed by atoms with E-state index in [1.807, 2.05) is 30.2 Å². The largest absolute Gasteiger partial charge is 0.310 e. The molecule has 0 aliphatic carbocycles. The number of aromatic nitrogens is 2. The van der Waals surface area contributed by atoms with Crippen LogP contribution in [0.4, 0.5) is 0 Å². The van der Waals surface area contributed by atoms with Crippen molar-refractivity contribution in [2.24, 2.45) is 7.05 Å². The first kappa shape index (κ1) is 11.0. The molecule has 0 saturated heterocycles. The predicted molar refractivity (Wildman–Crippen MR) is 58.9 cm³/mol. The molecule has 1 atom stereocenters. The third-order valence-corrected chi connectivity index (χ3v) is 2.22. The first-order valence-corrected chi connectivity index (χ1v) is 5.04. The average Bonchev–Trinajstić information content (AvgIpc) is 2.58. The summed E-state index contributed by atoms with van der Waals surface area (Å²) in [5, 5.41) is 7.56. The molecule has 14 heavy (non-hydrogen) atoms. The number of aryl methyl sites for hydroxylation is 1. The van der Waals surface area contributed by atoms with Gasteiger partial charge in [-0.15, -0.1) is 6.58 Å². The Bertz CT molecular complexity index is 278. The lowest BCUT2D eigenvalue weighted by Crippen LogP contribution is -2.24. The lowest BCUT2D eigenvalue weighted by molar-refractivity contribution is 0.518. The number of rotatable bonds is 6. The van der Waals surface area contributed by atoms with Gasteiger partial charge in [-0.05, 0) is 19.8 Å². The summed E-state index contributed by atoms with van der Waals surface area (Å²) >= 11 is 0. The van der Waals surface area contributed by atoms with Crippen LogP contribution < -0.4 is 5.32 Å². The van der Waals surface area contributed by atoms with E-state index in [0.29, 0.717) is 6.04 Å². The summed E-state index contributed by atoms with van der Waals surface area (Å²) in [6.07, 6.45) is 8.10. The topological polar surface area (TPSA) is 29.9 Å². The summed E-state index contributed by atoms with van der Waals surface area (Å²) in [4.78, 5) is 0. The number of nitrogens with zero attached hydrogens (tertiary/aromatic N) is 2. The van der Waals surface area contributed by atoms with E-state index >= 15 is 0 Å². The maximum Gasteiger partial charge on any atom is 0.0534 e. The SMILES string of the molecule is C=CCC[C@@H](C)NCc1cnn(C)c1. The fraction of sp³-hybridized carbons (Fsp3) is 0.545. The van der Waals surface area contributed by atoms with Crippen molar-refractivity contribution < 1.29 is 0 Å². The van der Waals surface area contributed by atoms with Crippen molar-refractivity contribution in [2.45, 2.75) is 32.4 Å². The van der Waals surface area contributed by atoms with Gasteiger partial charge in [0.2, 0.25) is 0 Å². The van der Waals surface area contributed by atoms with Crippen molar-refractivity contribution in [3.05, 3.63) is 30.6 Å². The Morgan fingerprint density at radius 2 is 2.50 bits per heavy atom. The van der Waals surface area contributed by atoms with Crippen molar-refractivity contribution in [2.75, 3.05) is 0 Å². The van der Waals surface area contributed by atoms with Crippen LogP contribution in [0, 0.1) is 0 Å². The molecule has 0 aromatic carbocycles. The van der Waals surface area contributed by atoms with Gasteiger partial charge in [-0.3, -0.25) is 4.68 Å². The Kier molecular flexibility index (Phi) is 4.40. The molecule has 1 heterocycles. The van der Waals surface area contributed by atoms with Crippen LogP contribution in [0.15, 0.2) is 25.0 Å². The molecule has 1 aromatic heterocycles. The van der Waals surface area contributed by atoms with Gasteiger partial charge in [0.15, 0.2) is 0 Å². The van der Waals surface area contributed by atoms with E-state index in [4.69, 9.17) is 0 Å². The highest BCUT2D eigenvalue weighted by atomic mass is 15.2. The standard InChI is InChI=1S/C11H19N3/c1-4-5-6-10(2)12-7-11-8-13-14(3)9-11/h4,8-10,12H,1,5-7H2,2-3H3/t10-/m1/s1. The van der Waals surface area contributed by atoms with Gasteiger partial charge in [0, 0.05) is 31.4 Å². The summed E-state index contributed by atoms with van der Waals surface area (Å²) in [5.41, 5.74) is 1.23. The van der Waals surface area contributed by atoms with E-state index in [-0.39, 0.29) is 0 Å². The molecule has 1 N–H and O–H groups in total. The van der Waals surface area contributed by atoms with Gasteiger partial charge in [-0.25, -0.2) is 0 Å². The van der Waals surface area contributed by atoms with Gasteiger partial charge in [0.05, 0.1) is 6.20 Å². The zero-order chi connectivity index (χ0) is 10.4. The maximum atomic E-state index is 4.12. The molecule has 3 heteroatoms. The fourth-order valence-electron chi connectivity index (χ4n) is 1.33. The molecule has 0 radical (unpaired) electrons. The van der Waals surface area contributed by atoms with Gasteiger partial charge in [0.1, 0.15) is 0 Å². The van der Waals surface area contributed by atoms with Gasteiger partial charge in [-0.1, -0.05) is 6.08 Å². The third-order valence-electron chi connectivity index (χ3n) is 2.22. The van der Waals surface area contributed by atoms with Crippen LogP contribution in [-0.2, 0) is 13.6 Å². The lowest BCUT2D eigenvalue weighted by atomic mass is 10.2. The smallest absolute Gasteiger partial charge is 0.0534 e. The Morgan fingerprint density at radius 1 is 1.71 bits per heavy atom. The zero-order valence-corrected chi connectivity index (χ0v) is 9.03. The normalized spacial score (nSPS) is 12.7. The van der Waals surface area contributed by atoms with Crippen molar-refractivity contribution >= 4 is 0 Å². The molecule has 0 fully saturated rings. The van der Waals surface area contributed by atoms with Crippen LogP contribution in [-0.4, -0.2) is 15.8 Å². The molecular weight excluding hydrogens is 174 g/mol. The summed E-state index contributed by atoms with van der Waals surface area (Å²) in [6.45, 7) is 6.80. The first-order valence-electron chi connectivity index (χ1n) is 5.04.